The van der Waals surface area contributed by atoms with Crippen LogP contribution in [0.1, 0.15) is 64.0 Å². The Kier molecular flexibility index (Phi) is 5.74. The summed E-state index contributed by atoms with van der Waals surface area (Å²) in [6.45, 7) is 10.3. The van der Waals surface area contributed by atoms with Crippen LogP contribution < -0.4 is 10.5 Å². The largest absolute Gasteiger partial charge is 0.484 e. The summed E-state index contributed by atoms with van der Waals surface area (Å²) in [5.74, 6) is 0.798. The number of amides is 1. The molecule has 0 bridgehead atoms. The fourth-order valence-electron chi connectivity index (χ4n) is 3.56. The monoisotopic (exact) mass is 404 g/mol. The summed E-state index contributed by atoms with van der Waals surface area (Å²) in [4.78, 5) is 14.6. The Bertz CT molecular complexity index is 857. The molecule has 3 rings (SSSR count). The number of carbonyl (C=O) groups excluding carboxylic acids is 1. The minimum absolute atomic E-state index is 0.128. The average molecular weight is 405 g/mol. The molecule has 1 aliphatic carbocycles. The van der Waals surface area contributed by atoms with Gasteiger partial charge in [0.05, 0.1) is 5.60 Å². The zero-order valence-electron chi connectivity index (χ0n) is 17.5. The van der Waals surface area contributed by atoms with Crippen LogP contribution in [-0.2, 0) is 11.2 Å². The molecule has 1 unspecified atom stereocenters. The van der Waals surface area contributed by atoms with Crippen LogP contribution in [0.25, 0.3) is 10.9 Å². The highest BCUT2D eigenvalue weighted by molar-refractivity contribution is 8.00. The smallest absolute Gasteiger partial charge is 0.255 e. The normalized spacial score (nSPS) is 16.4. The van der Waals surface area contributed by atoms with E-state index in [4.69, 9.17) is 10.5 Å². The number of rotatable bonds is 8. The van der Waals surface area contributed by atoms with Gasteiger partial charge in [-0.05, 0) is 56.4 Å². The lowest BCUT2D eigenvalue weighted by molar-refractivity contribution is -0.119. The first-order valence-corrected chi connectivity index (χ1v) is 10.8. The van der Waals surface area contributed by atoms with Gasteiger partial charge in [0.25, 0.3) is 5.91 Å². The predicted molar refractivity (Wildman–Crippen MR) is 116 cm³/mol. The van der Waals surface area contributed by atoms with E-state index >= 15 is 0 Å². The number of primary amides is 1. The van der Waals surface area contributed by atoms with Crippen molar-refractivity contribution in [2.24, 2.45) is 11.7 Å². The van der Waals surface area contributed by atoms with Gasteiger partial charge in [-0.3, -0.25) is 4.79 Å². The maximum absolute atomic E-state index is 11.1. The van der Waals surface area contributed by atoms with E-state index < -0.39 is 11.5 Å². The van der Waals surface area contributed by atoms with Crippen molar-refractivity contribution >= 4 is 28.6 Å². The van der Waals surface area contributed by atoms with Crippen molar-refractivity contribution in [2.45, 2.75) is 69.5 Å². The van der Waals surface area contributed by atoms with Gasteiger partial charge < -0.3 is 20.6 Å². The molecule has 0 saturated heterocycles. The second-order valence-electron chi connectivity index (χ2n) is 9.46. The zero-order valence-corrected chi connectivity index (χ0v) is 18.3. The number of nitrogens with two attached hydrogens (primary N) is 1. The van der Waals surface area contributed by atoms with Crippen molar-refractivity contribution in [1.29, 1.82) is 0 Å². The summed E-state index contributed by atoms with van der Waals surface area (Å²) >= 11 is 1.99. The van der Waals surface area contributed by atoms with E-state index in [1.165, 1.54) is 18.4 Å². The number of benzene rings is 1. The fraction of sp³-hybridized carbons (Fsp3) is 0.591. The SMILES string of the molecule is CC(C)(O)Cc1[nH]c2ccc(OCC(N)=O)cc2c1C(SC(C)(C)C)C1CC1. The molecule has 1 heterocycles. The Hall–Kier alpha value is -1.66. The van der Waals surface area contributed by atoms with Gasteiger partial charge in [0.1, 0.15) is 5.75 Å². The van der Waals surface area contributed by atoms with E-state index in [2.05, 4.69) is 25.8 Å². The second-order valence-corrected chi connectivity index (χ2v) is 11.4. The third-order valence-electron chi connectivity index (χ3n) is 4.70. The Labute approximate surface area is 171 Å². The van der Waals surface area contributed by atoms with Gasteiger partial charge in [-0.1, -0.05) is 20.8 Å². The number of aromatic nitrogens is 1. The van der Waals surface area contributed by atoms with Crippen LogP contribution >= 0.6 is 11.8 Å². The lowest BCUT2D eigenvalue weighted by Gasteiger charge is -2.28. The topological polar surface area (TPSA) is 88.3 Å². The standard InChI is InChI=1S/C22H32N2O3S/c1-21(2,3)28-20(13-6-7-13)19-15-10-14(27-12-18(23)25)8-9-16(15)24-17(19)11-22(4,5)26/h8-10,13,20,24,26H,6-7,11-12H2,1-5H3,(H2,23,25). The Balaban J connectivity index is 2.09. The molecule has 1 aliphatic rings. The third-order valence-corrected chi connectivity index (χ3v) is 6.28. The van der Waals surface area contributed by atoms with E-state index in [-0.39, 0.29) is 11.4 Å². The highest BCUT2D eigenvalue weighted by Crippen LogP contribution is 2.55. The molecule has 1 aromatic carbocycles. The number of aromatic amines is 1. The maximum atomic E-state index is 11.1. The van der Waals surface area contributed by atoms with Gasteiger partial charge in [0.2, 0.25) is 0 Å². The number of carbonyl (C=O) groups is 1. The van der Waals surface area contributed by atoms with Gasteiger partial charge in [-0.2, -0.15) is 0 Å². The number of aliphatic hydroxyl groups is 1. The predicted octanol–water partition coefficient (Wildman–Crippen LogP) is 4.33. The Morgan fingerprint density at radius 2 is 2.00 bits per heavy atom. The summed E-state index contributed by atoms with van der Waals surface area (Å²) in [6.07, 6.45) is 3.03. The molecule has 0 aliphatic heterocycles. The lowest BCUT2D eigenvalue weighted by Crippen LogP contribution is -2.23. The van der Waals surface area contributed by atoms with Gasteiger partial charge >= 0.3 is 0 Å². The molecule has 6 heteroatoms. The summed E-state index contributed by atoms with van der Waals surface area (Å²) < 4.78 is 5.68. The van der Waals surface area contributed by atoms with Crippen molar-refractivity contribution in [2.75, 3.05) is 6.61 Å². The molecule has 5 nitrogen and oxygen atoms in total. The van der Waals surface area contributed by atoms with E-state index in [1.807, 2.05) is 43.8 Å². The molecule has 28 heavy (non-hydrogen) atoms. The molecule has 1 amide bonds. The summed E-state index contributed by atoms with van der Waals surface area (Å²) in [6, 6.07) is 5.83. The molecule has 1 saturated carbocycles. The van der Waals surface area contributed by atoms with Crippen molar-refractivity contribution in [3.63, 3.8) is 0 Å². The minimum atomic E-state index is -0.804. The number of nitrogens with one attached hydrogen (secondary N) is 1. The van der Waals surface area contributed by atoms with Crippen LogP contribution in [0.15, 0.2) is 18.2 Å². The van der Waals surface area contributed by atoms with Gasteiger partial charge in [-0.25, -0.2) is 0 Å². The molecule has 0 radical (unpaired) electrons. The quantitative estimate of drug-likeness (QED) is 0.611. The van der Waals surface area contributed by atoms with E-state index in [1.54, 1.807) is 0 Å². The van der Waals surface area contributed by atoms with E-state index in [9.17, 15) is 9.90 Å². The Morgan fingerprint density at radius 1 is 1.32 bits per heavy atom. The molecule has 4 N–H and O–H groups in total. The van der Waals surface area contributed by atoms with Crippen molar-refractivity contribution < 1.29 is 14.6 Å². The number of thioether (sulfide) groups is 1. The molecule has 0 spiro atoms. The van der Waals surface area contributed by atoms with Gasteiger partial charge in [0, 0.05) is 33.0 Å². The summed E-state index contributed by atoms with van der Waals surface area (Å²) in [5, 5.41) is 12.0. The number of H-pyrrole nitrogens is 1. The number of hydrogen-bond acceptors (Lipinski definition) is 4. The first kappa shape index (κ1) is 21.1. The van der Waals surface area contributed by atoms with Crippen LogP contribution in [0, 0.1) is 5.92 Å². The van der Waals surface area contributed by atoms with Gasteiger partial charge in [0.15, 0.2) is 6.61 Å². The zero-order chi connectivity index (χ0) is 20.7. The van der Waals surface area contributed by atoms with Crippen LogP contribution in [0.4, 0.5) is 0 Å². The Morgan fingerprint density at radius 3 is 2.54 bits per heavy atom. The molecule has 2 aromatic rings. The van der Waals surface area contributed by atoms with Crippen molar-refractivity contribution in [1.82, 2.24) is 4.98 Å². The fourth-order valence-corrected chi connectivity index (χ4v) is 5.17. The number of hydrogen-bond donors (Lipinski definition) is 3. The van der Waals surface area contributed by atoms with Gasteiger partial charge in [-0.15, -0.1) is 11.8 Å². The first-order valence-electron chi connectivity index (χ1n) is 9.89. The second kappa shape index (κ2) is 7.64. The average Bonchev–Trinajstić information content (AvgIpc) is 3.31. The maximum Gasteiger partial charge on any atom is 0.255 e. The van der Waals surface area contributed by atoms with Crippen molar-refractivity contribution in [3.8, 4) is 5.75 Å². The number of ether oxygens (including phenoxy) is 1. The van der Waals surface area contributed by atoms with Crippen molar-refractivity contribution in [3.05, 3.63) is 29.5 Å². The van der Waals surface area contributed by atoms with E-state index in [0.717, 1.165) is 16.6 Å². The molecule has 1 atom stereocenters. The van der Waals surface area contributed by atoms with Crippen LogP contribution in [0.5, 0.6) is 5.75 Å². The van der Waals surface area contributed by atoms with Crippen LogP contribution in [0.3, 0.4) is 0 Å². The lowest BCUT2D eigenvalue weighted by atomic mass is 9.96. The van der Waals surface area contributed by atoms with E-state index in [0.29, 0.717) is 23.3 Å². The summed E-state index contributed by atoms with van der Waals surface area (Å²) in [7, 11) is 0. The molecule has 1 aromatic heterocycles. The molecular formula is C22H32N2O3S. The summed E-state index contributed by atoms with van der Waals surface area (Å²) in [5.41, 5.74) is 7.80. The molecular weight excluding hydrogens is 372 g/mol. The van der Waals surface area contributed by atoms with Crippen LogP contribution in [0.2, 0.25) is 0 Å². The molecule has 1 fully saturated rings. The van der Waals surface area contributed by atoms with Crippen LogP contribution in [-0.4, -0.2) is 33.0 Å². The molecule has 154 valence electrons. The highest BCUT2D eigenvalue weighted by Gasteiger charge is 2.38. The highest BCUT2D eigenvalue weighted by atomic mass is 32.2. The third kappa shape index (κ3) is 5.45. The minimum Gasteiger partial charge on any atom is -0.484 e. The first-order chi connectivity index (χ1) is 12.9. The number of fused-ring (bicyclic) bond motifs is 1.